The monoisotopic (exact) mass is 415 g/mol. The van der Waals surface area contributed by atoms with Gasteiger partial charge in [0.05, 0.1) is 29.0 Å². The number of aromatic nitrogens is 1. The van der Waals surface area contributed by atoms with Crippen molar-refractivity contribution in [3.8, 4) is 0 Å². The molecular weight excluding hydrogens is 397 g/mol. The summed E-state index contributed by atoms with van der Waals surface area (Å²) in [6, 6.07) is 8.49. The minimum atomic E-state index is -3.51. The van der Waals surface area contributed by atoms with Crippen molar-refractivity contribution < 1.29 is 13.2 Å². The van der Waals surface area contributed by atoms with Gasteiger partial charge in [-0.25, -0.2) is 18.1 Å². The second-order valence-corrected chi connectivity index (χ2v) is 8.57. The topological polar surface area (TPSA) is 71.5 Å². The van der Waals surface area contributed by atoms with Gasteiger partial charge in [-0.1, -0.05) is 29.3 Å². The number of hydrogen-bond acceptors (Lipinski definition) is 5. The number of morpholine rings is 1. The molecule has 1 aromatic heterocycles. The Balaban J connectivity index is 1.63. The first-order valence-corrected chi connectivity index (χ1v) is 10.5. The highest BCUT2D eigenvalue weighted by molar-refractivity contribution is 7.88. The molecule has 1 N–H and O–H groups in total. The molecular formula is C17H19Cl2N3O3S. The Morgan fingerprint density at radius 1 is 1.08 bits per heavy atom. The molecule has 2 heterocycles. The first-order chi connectivity index (χ1) is 12.4. The Bertz CT molecular complexity index is 871. The Hall–Kier alpha value is -1.38. The van der Waals surface area contributed by atoms with E-state index in [0.717, 1.165) is 24.5 Å². The lowest BCUT2D eigenvalue weighted by molar-refractivity contribution is 0.122. The number of hydrogen-bond donors (Lipinski definition) is 1. The van der Waals surface area contributed by atoms with Crippen LogP contribution in [-0.2, 0) is 27.1 Å². The zero-order chi connectivity index (χ0) is 18.6. The summed E-state index contributed by atoms with van der Waals surface area (Å²) in [4.78, 5) is 6.48. The molecule has 0 saturated carbocycles. The smallest absolute Gasteiger partial charge is 0.216 e. The molecule has 1 aliphatic rings. The predicted molar refractivity (Wildman–Crippen MR) is 103 cm³/mol. The van der Waals surface area contributed by atoms with E-state index < -0.39 is 10.0 Å². The molecule has 3 rings (SSSR count). The second-order valence-electron chi connectivity index (χ2n) is 5.95. The van der Waals surface area contributed by atoms with Gasteiger partial charge in [0.15, 0.2) is 0 Å². The minimum absolute atomic E-state index is 0.161. The fraction of sp³-hybridized carbons (Fsp3) is 0.353. The highest BCUT2D eigenvalue weighted by Gasteiger charge is 2.15. The van der Waals surface area contributed by atoms with Crippen molar-refractivity contribution in [2.75, 3.05) is 31.2 Å². The third kappa shape index (κ3) is 5.31. The molecule has 1 saturated heterocycles. The SMILES string of the molecule is O=S(=O)(Cc1ccc(Cl)c(Cl)c1)NCc1ccnc(N2CCOCC2)c1. The van der Waals surface area contributed by atoms with Gasteiger partial charge in [0.2, 0.25) is 10.0 Å². The van der Waals surface area contributed by atoms with Gasteiger partial charge in [0.1, 0.15) is 5.82 Å². The summed E-state index contributed by atoms with van der Waals surface area (Å²) >= 11 is 11.8. The van der Waals surface area contributed by atoms with Crippen LogP contribution in [0.4, 0.5) is 5.82 Å². The van der Waals surface area contributed by atoms with Crippen molar-refractivity contribution in [1.29, 1.82) is 0 Å². The number of nitrogens with one attached hydrogen (secondary N) is 1. The van der Waals surface area contributed by atoms with Gasteiger partial charge >= 0.3 is 0 Å². The molecule has 1 fully saturated rings. The lowest BCUT2D eigenvalue weighted by Gasteiger charge is -2.28. The van der Waals surface area contributed by atoms with Crippen LogP contribution in [0, 0.1) is 0 Å². The molecule has 140 valence electrons. The summed E-state index contributed by atoms with van der Waals surface area (Å²) in [6.07, 6.45) is 1.69. The van der Waals surface area contributed by atoms with Crippen LogP contribution in [0.15, 0.2) is 36.5 Å². The molecule has 0 unspecified atom stereocenters. The van der Waals surface area contributed by atoms with Crippen molar-refractivity contribution in [2.45, 2.75) is 12.3 Å². The van der Waals surface area contributed by atoms with Crippen LogP contribution in [0.3, 0.4) is 0 Å². The van der Waals surface area contributed by atoms with Crippen molar-refractivity contribution in [3.05, 3.63) is 57.7 Å². The molecule has 26 heavy (non-hydrogen) atoms. The summed E-state index contributed by atoms with van der Waals surface area (Å²) in [5.41, 5.74) is 1.43. The quantitative estimate of drug-likeness (QED) is 0.784. The lowest BCUT2D eigenvalue weighted by Crippen LogP contribution is -2.36. The molecule has 6 nitrogen and oxygen atoms in total. The van der Waals surface area contributed by atoms with E-state index in [9.17, 15) is 8.42 Å². The number of nitrogens with zero attached hydrogens (tertiary/aromatic N) is 2. The first-order valence-electron chi connectivity index (χ1n) is 8.12. The zero-order valence-corrected chi connectivity index (χ0v) is 16.3. The summed E-state index contributed by atoms with van der Waals surface area (Å²) in [6.45, 7) is 3.09. The molecule has 0 aliphatic carbocycles. The van der Waals surface area contributed by atoms with Gasteiger partial charge in [0, 0.05) is 25.8 Å². The van der Waals surface area contributed by atoms with E-state index in [-0.39, 0.29) is 12.3 Å². The van der Waals surface area contributed by atoms with E-state index >= 15 is 0 Å². The van der Waals surface area contributed by atoms with Gasteiger partial charge in [-0.05, 0) is 35.4 Å². The van der Waals surface area contributed by atoms with Crippen molar-refractivity contribution >= 4 is 39.0 Å². The van der Waals surface area contributed by atoms with Gasteiger partial charge in [-0.3, -0.25) is 0 Å². The summed E-state index contributed by atoms with van der Waals surface area (Å²) in [7, 11) is -3.51. The highest BCUT2D eigenvalue weighted by atomic mass is 35.5. The standard InChI is InChI=1S/C17H19Cl2N3O3S/c18-15-2-1-14(9-16(15)19)12-26(23,24)21-11-13-3-4-20-17(10-13)22-5-7-25-8-6-22/h1-4,9-10,21H,5-8,11-12H2. The maximum atomic E-state index is 12.3. The van der Waals surface area contributed by atoms with Crippen molar-refractivity contribution in [1.82, 2.24) is 9.71 Å². The lowest BCUT2D eigenvalue weighted by atomic mass is 10.2. The average molecular weight is 416 g/mol. The molecule has 0 bridgehead atoms. The van der Waals surface area contributed by atoms with Crippen LogP contribution in [0.5, 0.6) is 0 Å². The van der Waals surface area contributed by atoms with Crippen LogP contribution in [0.2, 0.25) is 10.0 Å². The Labute approximate surface area is 163 Å². The van der Waals surface area contributed by atoms with Gasteiger partial charge in [0.25, 0.3) is 0 Å². The number of benzene rings is 1. The van der Waals surface area contributed by atoms with E-state index in [0.29, 0.717) is 28.8 Å². The molecule has 0 spiro atoms. The van der Waals surface area contributed by atoms with Crippen molar-refractivity contribution in [2.24, 2.45) is 0 Å². The van der Waals surface area contributed by atoms with E-state index in [1.807, 2.05) is 6.07 Å². The summed E-state index contributed by atoms with van der Waals surface area (Å²) in [5.74, 6) is 0.667. The summed E-state index contributed by atoms with van der Waals surface area (Å²) < 4.78 is 32.6. The van der Waals surface area contributed by atoms with Crippen LogP contribution in [0.25, 0.3) is 0 Å². The number of rotatable bonds is 6. The van der Waals surface area contributed by atoms with Crippen LogP contribution in [-0.4, -0.2) is 39.7 Å². The zero-order valence-electron chi connectivity index (χ0n) is 14.0. The first kappa shape index (κ1) is 19.4. The number of halogens is 2. The molecule has 0 radical (unpaired) electrons. The Kier molecular flexibility index (Phi) is 6.37. The fourth-order valence-electron chi connectivity index (χ4n) is 2.63. The van der Waals surface area contributed by atoms with E-state index in [1.165, 1.54) is 0 Å². The van der Waals surface area contributed by atoms with E-state index in [1.54, 1.807) is 30.5 Å². The van der Waals surface area contributed by atoms with Gasteiger partial charge in [-0.15, -0.1) is 0 Å². The number of ether oxygens (including phenoxy) is 1. The Morgan fingerprint density at radius 3 is 2.58 bits per heavy atom. The maximum Gasteiger partial charge on any atom is 0.216 e. The van der Waals surface area contributed by atoms with Crippen molar-refractivity contribution in [3.63, 3.8) is 0 Å². The largest absolute Gasteiger partial charge is 0.378 e. The third-order valence-electron chi connectivity index (χ3n) is 3.98. The fourth-order valence-corrected chi connectivity index (χ4v) is 4.06. The minimum Gasteiger partial charge on any atom is -0.378 e. The molecule has 0 atom stereocenters. The second kappa shape index (κ2) is 8.54. The number of sulfonamides is 1. The molecule has 1 aliphatic heterocycles. The maximum absolute atomic E-state index is 12.3. The van der Waals surface area contributed by atoms with Gasteiger partial charge < -0.3 is 9.64 Å². The predicted octanol–water partition coefficient (Wildman–Crippen LogP) is 2.84. The normalized spacial score (nSPS) is 15.2. The van der Waals surface area contributed by atoms with E-state index in [4.69, 9.17) is 27.9 Å². The Morgan fingerprint density at radius 2 is 1.85 bits per heavy atom. The number of anilines is 1. The van der Waals surface area contributed by atoms with E-state index in [2.05, 4.69) is 14.6 Å². The van der Waals surface area contributed by atoms with Gasteiger partial charge in [-0.2, -0.15) is 0 Å². The van der Waals surface area contributed by atoms with Crippen LogP contribution < -0.4 is 9.62 Å². The number of pyridine rings is 1. The van der Waals surface area contributed by atoms with Crippen LogP contribution >= 0.6 is 23.2 Å². The molecule has 2 aromatic rings. The average Bonchev–Trinajstić information content (AvgIpc) is 2.64. The third-order valence-corrected chi connectivity index (χ3v) is 6.02. The van der Waals surface area contributed by atoms with Crippen LogP contribution in [0.1, 0.15) is 11.1 Å². The highest BCUT2D eigenvalue weighted by Crippen LogP contribution is 2.23. The molecule has 1 aromatic carbocycles. The molecule has 0 amide bonds. The summed E-state index contributed by atoms with van der Waals surface area (Å²) in [5, 5.41) is 0.733. The molecule has 9 heteroatoms.